The molecule has 1 aromatic heterocycles. The third-order valence-electron chi connectivity index (χ3n) is 4.26. The molecule has 138 valence electrons. The Morgan fingerprint density at radius 1 is 1.46 bits per heavy atom. The number of hydrogen-bond acceptors (Lipinski definition) is 4. The summed E-state index contributed by atoms with van der Waals surface area (Å²) in [5.41, 5.74) is 1.49. The quantitative estimate of drug-likeness (QED) is 0.261. The number of aromatic nitrogens is 1. The van der Waals surface area contributed by atoms with Gasteiger partial charge in [-0.25, -0.2) is 4.98 Å². The lowest BCUT2D eigenvalue weighted by atomic mass is 10.0. The summed E-state index contributed by atoms with van der Waals surface area (Å²) in [6, 6.07) is 0. The molecule has 0 aliphatic heterocycles. The number of hydrogen-bond donors (Lipinski definition) is 1. The van der Waals surface area contributed by atoms with E-state index in [1.165, 1.54) is 12.8 Å². The molecule has 0 spiro atoms. The Labute approximate surface area is 167 Å². The van der Waals surface area contributed by atoms with Gasteiger partial charge in [-0.05, 0) is 45.4 Å². The maximum Gasteiger partial charge on any atom is 0.194 e. The zero-order chi connectivity index (χ0) is 16.7. The summed E-state index contributed by atoms with van der Waals surface area (Å²) in [4.78, 5) is 11.6. The topological polar surface area (TPSA) is 49.8 Å². The van der Waals surface area contributed by atoms with Crippen molar-refractivity contribution in [1.82, 2.24) is 15.2 Å². The van der Waals surface area contributed by atoms with Crippen LogP contribution in [0.2, 0.25) is 0 Å². The van der Waals surface area contributed by atoms with Crippen molar-refractivity contribution in [2.45, 2.75) is 46.6 Å². The third-order valence-corrected chi connectivity index (χ3v) is 5.09. The van der Waals surface area contributed by atoms with Crippen molar-refractivity contribution in [3.8, 4) is 0 Å². The first-order chi connectivity index (χ1) is 11.1. The largest absolute Gasteiger partial charge is 0.382 e. The second-order valence-electron chi connectivity index (χ2n) is 6.33. The molecule has 0 amide bonds. The Kier molecular flexibility index (Phi) is 9.51. The number of ether oxygens (including phenoxy) is 1. The van der Waals surface area contributed by atoms with Gasteiger partial charge in [0.15, 0.2) is 5.96 Å². The maximum absolute atomic E-state index is 5.51. The SMILES string of the molecule is CCNC(=NCC1(CCOCC)CC1)N(C)Cc1csc(C)n1.I. The molecule has 2 rings (SSSR count). The van der Waals surface area contributed by atoms with Gasteiger partial charge < -0.3 is 15.0 Å². The van der Waals surface area contributed by atoms with Gasteiger partial charge in [-0.1, -0.05) is 0 Å². The summed E-state index contributed by atoms with van der Waals surface area (Å²) < 4.78 is 5.51. The molecule has 0 atom stereocenters. The van der Waals surface area contributed by atoms with Crippen LogP contribution >= 0.6 is 35.3 Å². The average Bonchev–Trinajstić information content (AvgIpc) is 3.18. The Balaban J connectivity index is 0.00000288. The van der Waals surface area contributed by atoms with E-state index in [9.17, 15) is 0 Å². The molecule has 7 heteroatoms. The van der Waals surface area contributed by atoms with Crippen molar-refractivity contribution in [3.63, 3.8) is 0 Å². The number of halogens is 1. The van der Waals surface area contributed by atoms with Gasteiger partial charge in [0.1, 0.15) is 0 Å². The Bertz CT molecular complexity index is 516. The van der Waals surface area contributed by atoms with E-state index < -0.39 is 0 Å². The average molecular weight is 466 g/mol. The minimum Gasteiger partial charge on any atom is -0.382 e. The number of nitrogens with zero attached hydrogens (tertiary/aromatic N) is 3. The van der Waals surface area contributed by atoms with Gasteiger partial charge in [0, 0.05) is 38.7 Å². The van der Waals surface area contributed by atoms with E-state index in [4.69, 9.17) is 9.73 Å². The van der Waals surface area contributed by atoms with Crippen LogP contribution in [-0.2, 0) is 11.3 Å². The molecular weight excluding hydrogens is 435 g/mol. The summed E-state index contributed by atoms with van der Waals surface area (Å²) in [6.45, 7) is 10.4. The van der Waals surface area contributed by atoms with E-state index >= 15 is 0 Å². The standard InChI is InChI=1S/C17H30N4OS.HI/c1-5-18-16(21(4)11-15-12-23-14(3)20-15)19-13-17(7-8-17)9-10-22-6-2;/h12H,5-11,13H2,1-4H3,(H,18,19);1H. The molecule has 1 heterocycles. The second-order valence-corrected chi connectivity index (χ2v) is 7.39. The van der Waals surface area contributed by atoms with Crippen molar-refractivity contribution in [2.75, 3.05) is 33.4 Å². The van der Waals surface area contributed by atoms with Crippen LogP contribution in [0.4, 0.5) is 0 Å². The number of aryl methyl sites for hydroxylation is 1. The van der Waals surface area contributed by atoms with Crippen LogP contribution in [0, 0.1) is 12.3 Å². The van der Waals surface area contributed by atoms with Gasteiger partial charge in [-0.3, -0.25) is 4.99 Å². The molecule has 5 nitrogen and oxygen atoms in total. The highest BCUT2D eigenvalue weighted by molar-refractivity contribution is 14.0. The molecule has 1 fully saturated rings. The van der Waals surface area contributed by atoms with Crippen LogP contribution in [0.25, 0.3) is 0 Å². The summed E-state index contributed by atoms with van der Waals surface area (Å²) in [7, 11) is 2.08. The highest BCUT2D eigenvalue weighted by atomic mass is 127. The van der Waals surface area contributed by atoms with Gasteiger partial charge in [-0.2, -0.15) is 0 Å². The van der Waals surface area contributed by atoms with E-state index in [-0.39, 0.29) is 24.0 Å². The summed E-state index contributed by atoms with van der Waals surface area (Å²) in [5, 5.41) is 6.64. The van der Waals surface area contributed by atoms with Gasteiger partial charge in [-0.15, -0.1) is 35.3 Å². The fraction of sp³-hybridized carbons (Fsp3) is 0.765. The monoisotopic (exact) mass is 466 g/mol. The predicted molar refractivity (Wildman–Crippen MR) is 112 cm³/mol. The van der Waals surface area contributed by atoms with Gasteiger partial charge in [0.05, 0.1) is 17.2 Å². The van der Waals surface area contributed by atoms with Crippen LogP contribution < -0.4 is 5.32 Å². The molecule has 0 radical (unpaired) electrons. The van der Waals surface area contributed by atoms with E-state index in [0.717, 1.165) is 55.9 Å². The van der Waals surface area contributed by atoms with Crippen molar-refractivity contribution in [3.05, 3.63) is 16.1 Å². The molecule has 24 heavy (non-hydrogen) atoms. The van der Waals surface area contributed by atoms with Crippen LogP contribution in [0.15, 0.2) is 10.4 Å². The number of guanidine groups is 1. The molecule has 1 aliphatic carbocycles. The molecule has 1 aliphatic rings. The van der Waals surface area contributed by atoms with Crippen molar-refractivity contribution in [1.29, 1.82) is 0 Å². The van der Waals surface area contributed by atoms with E-state index in [2.05, 4.69) is 41.5 Å². The smallest absolute Gasteiger partial charge is 0.194 e. The Morgan fingerprint density at radius 3 is 2.75 bits per heavy atom. The van der Waals surface area contributed by atoms with E-state index in [1.807, 2.05) is 6.92 Å². The van der Waals surface area contributed by atoms with Crippen LogP contribution in [0.3, 0.4) is 0 Å². The summed E-state index contributed by atoms with van der Waals surface area (Å²) in [5.74, 6) is 0.973. The molecular formula is C17H31IN4OS. The fourth-order valence-electron chi connectivity index (χ4n) is 2.61. The predicted octanol–water partition coefficient (Wildman–Crippen LogP) is 3.67. The first-order valence-electron chi connectivity index (χ1n) is 8.57. The lowest BCUT2D eigenvalue weighted by Gasteiger charge is -2.22. The zero-order valence-electron chi connectivity index (χ0n) is 15.3. The minimum atomic E-state index is 0. The minimum absolute atomic E-state index is 0. The van der Waals surface area contributed by atoms with Crippen LogP contribution in [0.1, 0.15) is 43.8 Å². The molecule has 0 aromatic carbocycles. The van der Waals surface area contributed by atoms with Gasteiger partial charge in [0.25, 0.3) is 0 Å². The highest BCUT2D eigenvalue weighted by Gasteiger charge is 2.42. The van der Waals surface area contributed by atoms with Crippen molar-refractivity contribution >= 4 is 41.3 Å². The van der Waals surface area contributed by atoms with E-state index in [1.54, 1.807) is 11.3 Å². The molecule has 0 saturated heterocycles. The number of rotatable bonds is 9. The number of nitrogens with one attached hydrogen (secondary N) is 1. The molecule has 0 bridgehead atoms. The van der Waals surface area contributed by atoms with Crippen molar-refractivity contribution in [2.24, 2.45) is 10.4 Å². The fourth-order valence-corrected chi connectivity index (χ4v) is 3.21. The third kappa shape index (κ3) is 6.84. The summed E-state index contributed by atoms with van der Waals surface area (Å²) >= 11 is 1.70. The van der Waals surface area contributed by atoms with E-state index in [0.29, 0.717) is 5.41 Å². The highest BCUT2D eigenvalue weighted by Crippen LogP contribution is 2.49. The van der Waals surface area contributed by atoms with Crippen molar-refractivity contribution < 1.29 is 4.74 Å². The van der Waals surface area contributed by atoms with Crippen LogP contribution in [0.5, 0.6) is 0 Å². The lowest BCUT2D eigenvalue weighted by Crippen LogP contribution is -2.39. The molecule has 0 unspecified atom stereocenters. The summed E-state index contributed by atoms with van der Waals surface area (Å²) in [6.07, 6.45) is 3.68. The Hall–Kier alpha value is -0.410. The van der Waals surface area contributed by atoms with Gasteiger partial charge in [0.2, 0.25) is 0 Å². The number of aliphatic imine (C=N–C) groups is 1. The van der Waals surface area contributed by atoms with Gasteiger partial charge >= 0.3 is 0 Å². The normalized spacial score (nSPS) is 15.8. The second kappa shape index (κ2) is 10.6. The maximum atomic E-state index is 5.51. The lowest BCUT2D eigenvalue weighted by molar-refractivity contribution is 0.129. The molecule has 1 aromatic rings. The molecule has 1 N–H and O–H groups in total. The van der Waals surface area contributed by atoms with Crippen LogP contribution in [-0.4, -0.2) is 49.2 Å². The number of thiazole rings is 1. The first-order valence-corrected chi connectivity index (χ1v) is 9.45. The zero-order valence-corrected chi connectivity index (χ0v) is 18.4. The first kappa shape index (κ1) is 21.6. The Morgan fingerprint density at radius 2 is 2.21 bits per heavy atom. The molecule has 1 saturated carbocycles.